The molecule has 0 aromatic heterocycles. The first-order chi connectivity index (χ1) is 10.5. The first-order valence-electron chi connectivity index (χ1n) is 5.56. The quantitative estimate of drug-likeness (QED) is 0.367. The molecular formula is C14H13S7+. The summed E-state index contributed by atoms with van der Waals surface area (Å²) in [5, 5.41) is 29.8. The predicted octanol–water partition coefficient (Wildman–Crippen LogP) is 8.23. The second kappa shape index (κ2) is 16.9. The van der Waals surface area contributed by atoms with Gasteiger partial charge in [-0.3, -0.25) is 0 Å². The summed E-state index contributed by atoms with van der Waals surface area (Å²) in [4.78, 5) is 0. The smallest absolute Gasteiger partial charge is 0.105 e. The van der Waals surface area contributed by atoms with Crippen molar-refractivity contribution in [2.24, 2.45) is 0 Å². The van der Waals surface area contributed by atoms with Gasteiger partial charge in [-0.05, 0) is 71.3 Å². The Morgan fingerprint density at radius 3 is 1.14 bits per heavy atom. The molecule has 0 unspecified atom stereocenters. The molecular weight excluding hydrogens is 393 g/mol. The van der Waals surface area contributed by atoms with Gasteiger partial charge in [-0.1, -0.05) is 0 Å². The molecule has 0 amide bonds. The van der Waals surface area contributed by atoms with Crippen molar-refractivity contribution in [3.8, 4) is 0 Å². The predicted molar refractivity (Wildman–Crippen MR) is 116 cm³/mol. The molecule has 0 saturated carbocycles. The summed E-state index contributed by atoms with van der Waals surface area (Å²) in [6.07, 6.45) is 0. The van der Waals surface area contributed by atoms with Crippen molar-refractivity contribution in [2.75, 3.05) is 0 Å². The maximum absolute atomic E-state index is 3.14. The van der Waals surface area contributed by atoms with Gasteiger partial charge < -0.3 is 0 Å². The highest BCUT2D eigenvalue weighted by atomic mass is 32.2. The summed E-state index contributed by atoms with van der Waals surface area (Å²) in [5.74, 6) is 0. The molecule has 0 aromatic rings. The SMILES string of the molecule is [C+]1=CS/C=C\S/C=C\S/C=C\S/C=C\S/C=C\S/C=C\S1. The molecule has 0 bridgehead atoms. The van der Waals surface area contributed by atoms with Crippen molar-refractivity contribution < 1.29 is 0 Å². The van der Waals surface area contributed by atoms with Crippen LogP contribution in [0, 0.1) is 5.41 Å². The molecule has 0 fully saturated rings. The Morgan fingerprint density at radius 1 is 0.381 bits per heavy atom. The second-order valence-corrected chi connectivity index (χ2v) is 8.41. The van der Waals surface area contributed by atoms with Crippen LogP contribution in [0.25, 0.3) is 0 Å². The number of hydrogen-bond acceptors (Lipinski definition) is 7. The molecule has 7 heteroatoms. The Bertz CT molecular complexity index is 298. The average molecular weight is 406 g/mol. The molecule has 1 aliphatic heterocycles. The summed E-state index contributed by atoms with van der Waals surface area (Å²) < 4.78 is 0. The van der Waals surface area contributed by atoms with Gasteiger partial charge in [-0.15, -0.1) is 58.8 Å². The van der Waals surface area contributed by atoms with E-state index in [9.17, 15) is 0 Å². The summed E-state index contributed by atoms with van der Waals surface area (Å²) >= 11 is 11.5. The van der Waals surface area contributed by atoms with Gasteiger partial charge in [0.25, 0.3) is 0 Å². The van der Waals surface area contributed by atoms with Gasteiger partial charge in [0.2, 0.25) is 5.41 Å². The number of rotatable bonds is 0. The Hall–Kier alpha value is 0.540. The molecule has 0 nitrogen and oxygen atoms in total. The van der Waals surface area contributed by atoms with Crippen molar-refractivity contribution in [1.82, 2.24) is 0 Å². The van der Waals surface area contributed by atoms with Crippen molar-refractivity contribution in [3.05, 3.63) is 75.7 Å². The highest BCUT2D eigenvalue weighted by molar-refractivity contribution is 8.12. The maximum Gasteiger partial charge on any atom is 0.320 e. The fourth-order valence-electron chi connectivity index (χ4n) is 0.742. The van der Waals surface area contributed by atoms with Crippen molar-refractivity contribution in [1.29, 1.82) is 0 Å². The van der Waals surface area contributed by atoms with Crippen molar-refractivity contribution in [2.45, 2.75) is 0 Å². The van der Waals surface area contributed by atoms with E-state index in [4.69, 9.17) is 0 Å². The number of hydrogen-bond donors (Lipinski definition) is 0. The zero-order valence-corrected chi connectivity index (χ0v) is 16.6. The van der Waals surface area contributed by atoms with E-state index in [1.807, 2.05) is 21.6 Å². The van der Waals surface area contributed by atoms with Crippen LogP contribution in [0.5, 0.6) is 0 Å². The monoisotopic (exact) mass is 405 g/mol. The van der Waals surface area contributed by atoms with Crippen LogP contribution >= 0.6 is 82.3 Å². The molecule has 0 saturated heterocycles. The molecule has 21 heavy (non-hydrogen) atoms. The third-order valence-corrected chi connectivity index (χ3v) is 6.64. The topological polar surface area (TPSA) is 0 Å². The first kappa shape index (κ1) is 19.6. The van der Waals surface area contributed by atoms with E-state index in [1.165, 1.54) is 0 Å². The number of thioether (sulfide) groups is 7. The lowest BCUT2D eigenvalue weighted by Crippen LogP contribution is -1.48. The van der Waals surface area contributed by atoms with Crippen LogP contribution < -0.4 is 0 Å². The van der Waals surface area contributed by atoms with E-state index in [0.717, 1.165) is 0 Å². The lowest BCUT2D eigenvalue weighted by molar-refractivity contribution is 2.37. The van der Waals surface area contributed by atoms with Gasteiger partial charge in [0.15, 0.2) is 11.8 Å². The van der Waals surface area contributed by atoms with Gasteiger partial charge in [0.1, 0.15) is 0 Å². The Morgan fingerprint density at radius 2 is 0.714 bits per heavy atom. The normalized spacial score (nSPS) is 27.4. The third kappa shape index (κ3) is 15.2. The fraction of sp³-hybridized carbons (Fsp3) is 0. The van der Waals surface area contributed by atoms with E-state index >= 15 is 0 Å². The first-order valence-corrected chi connectivity index (χ1v) is 12.1. The third-order valence-electron chi connectivity index (χ3n) is 1.45. The molecule has 1 heterocycles. The van der Waals surface area contributed by atoms with Gasteiger partial charge in [0.05, 0.1) is 0 Å². The standard InChI is InChI=1S/C14H13S7/c1-2-16-5-6-18-9-10-20-13-14-21-12-11-19-8-7-17-4-3-15-1/h1-13H/q+1/b2-1-,4-3-,6-5-,8-7-,10-9-,12-11-. The molecule has 0 aromatic carbocycles. The molecule has 0 spiro atoms. The Labute approximate surface area is 157 Å². The molecule has 110 valence electrons. The van der Waals surface area contributed by atoms with Gasteiger partial charge >= 0.3 is 5.41 Å². The minimum atomic E-state index is 1.55. The van der Waals surface area contributed by atoms with Gasteiger partial charge in [-0.25, -0.2) is 0 Å². The summed E-state index contributed by atoms with van der Waals surface area (Å²) in [6.45, 7) is 0. The molecule has 0 N–H and O–H groups in total. The van der Waals surface area contributed by atoms with Crippen LogP contribution in [0.1, 0.15) is 0 Å². The fourth-order valence-corrected chi connectivity index (χ4v) is 4.84. The Kier molecular flexibility index (Phi) is 15.8. The van der Waals surface area contributed by atoms with Gasteiger partial charge in [-0.2, -0.15) is 0 Å². The van der Waals surface area contributed by atoms with Crippen LogP contribution in [0.4, 0.5) is 0 Å². The van der Waals surface area contributed by atoms with E-state index in [2.05, 4.69) is 54.1 Å². The van der Waals surface area contributed by atoms with E-state index in [0.29, 0.717) is 0 Å². The largest absolute Gasteiger partial charge is 0.320 e. The molecule has 0 radical (unpaired) electrons. The Balaban J connectivity index is 2.41. The van der Waals surface area contributed by atoms with E-state index < -0.39 is 0 Å². The van der Waals surface area contributed by atoms with Crippen LogP contribution in [0.15, 0.2) is 70.3 Å². The molecule has 1 rings (SSSR count). The highest BCUT2D eigenvalue weighted by Crippen LogP contribution is 2.19. The van der Waals surface area contributed by atoms with Crippen LogP contribution in [0.3, 0.4) is 0 Å². The lowest BCUT2D eigenvalue weighted by Gasteiger charge is -1.84. The molecule has 1 aliphatic rings. The van der Waals surface area contributed by atoms with Crippen molar-refractivity contribution >= 4 is 82.3 Å². The summed E-state index contributed by atoms with van der Waals surface area (Å²) in [7, 11) is 0. The van der Waals surface area contributed by atoms with E-state index in [1.54, 1.807) is 82.3 Å². The summed E-state index contributed by atoms with van der Waals surface area (Å²) in [6, 6.07) is 0. The minimum absolute atomic E-state index is 1.55. The zero-order valence-electron chi connectivity index (χ0n) is 10.9. The van der Waals surface area contributed by atoms with Crippen LogP contribution in [-0.2, 0) is 0 Å². The van der Waals surface area contributed by atoms with Crippen molar-refractivity contribution in [3.63, 3.8) is 0 Å². The minimum Gasteiger partial charge on any atom is -0.105 e. The highest BCUT2D eigenvalue weighted by Gasteiger charge is 1.90. The second-order valence-electron chi connectivity index (χ2n) is 2.80. The molecule has 0 aliphatic carbocycles. The maximum atomic E-state index is 3.14. The van der Waals surface area contributed by atoms with Gasteiger partial charge in [0, 0.05) is 5.41 Å². The zero-order chi connectivity index (χ0) is 14.8. The van der Waals surface area contributed by atoms with Crippen LogP contribution in [0.2, 0.25) is 0 Å². The molecule has 0 atom stereocenters. The van der Waals surface area contributed by atoms with Crippen LogP contribution in [-0.4, -0.2) is 0 Å². The van der Waals surface area contributed by atoms with E-state index in [-0.39, 0.29) is 0 Å². The lowest BCUT2D eigenvalue weighted by atomic mass is 11.2. The average Bonchev–Trinajstić information content (AvgIpc) is 2.50. The summed E-state index contributed by atoms with van der Waals surface area (Å²) in [5.41, 5.74) is 0.